The molecular weight excluding hydrogens is 206 g/mol. The molecule has 4 nitrogen and oxygen atoms in total. The van der Waals surface area contributed by atoms with E-state index in [0.29, 0.717) is 25.5 Å². The van der Waals surface area contributed by atoms with Crippen molar-refractivity contribution in [1.29, 1.82) is 0 Å². The van der Waals surface area contributed by atoms with E-state index in [0.717, 1.165) is 16.9 Å². The molecule has 2 rings (SSSR count). The van der Waals surface area contributed by atoms with Crippen LogP contribution in [-0.4, -0.2) is 31.9 Å². The highest BCUT2D eigenvalue weighted by Gasteiger charge is 2.21. The van der Waals surface area contributed by atoms with Gasteiger partial charge in [0.15, 0.2) is 11.5 Å². The van der Waals surface area contributed by atoms with Gasteiger partial charge in [-0.15, -0.1) is 0 Å². The Hall–Kier alpha value is -1.26. The first-order valence-electron chi connectivity index (χ1n) is 5.45. The fourth-order valence-electron chi connectivity index (χ4n) is 1.86. The van der Waals surface area contributed by atoms with E-state index in [-0.39, 0.29) is 0 Å². The first kappa shape index (κ1) is 11.2. The van der Waals surface area contributed by atoms with Gasteiger partial charge in [0.25, 0.3) is 0 Å². The molecular formula is C12H17NO3. The van der Waals surface area contributed by atoms with Gasteiger partial charge < -0.3 is 19.9 Å². The maximum atomic E-state index is 9.97. The van der Waals surface area contributed by atoms with Gasteiger partial charge >= 0.3 is 0 Å². The molecule has 0 bridgehead atoms. The van der Waals surface area contributed by atoms with E-state index in [1.165, 1.54) is 0 Å². The van der Waals surface area contributed by atoms with Gasteiger partial charge in [0.05, 0.1) is 6.10 Å². The molecule has 0 spiro atoms. The van der Waals surface area contributed by atoms with Crippen molar-refractivity contribution in [2.45, 2.75) is 13.0 Å². The van der Waals surface area contributed by atoms with Crippen LogP contribution in [0, 0.1) is 6.92 Å². The second-order valence-corrected chi connectivity index (χ2v) is 3.90. The van der Waals surface area contributed by atoms with Crippen LogP contribution in [0.5, 0.6) is 11.5 Å². The van der Waals surface area contributed by atoms with Crippen LogP contribution in [0.15, 0.2) is 12.1 Å². The zero-order chi connectivity index (χ0) is 11.5. The third kappa shape index (κ3) is 1.99. The number of nitrogens with one attached hydrogen (secondary N) is 1. The average Bonchev–Trinajstić information content (AvgIpc) is 2.30. The Morgan fingerprint density at radius 1 is 1.31 bits per heavy atom. The summed E-state index contributed by atoms with van der Waals surface area (Å²) in [6, 6.07) is 3.84. The summed E-state index contributed by atoms with van der Waals surface area (Å²) in [5, 5.41) is 12.9. The van der Waals surface area contributed by atoms with Gasteiger partial charge in [0, 0.05) is 12.1 Å². The number of benzene rings is 1. The zero-order valence-corrected chi connectivity index (χ0v) is 9.62. The Bertz CT molecular complexity index is 379. The highest BCUT2D eigenvalue weighted by Crippen LogP contribution is 2.39. The van der Waals surface area contributed by atoms with Gasteiger partial charge in [-0.25, -0.2) is 0 Å². The summed E-state index contributed by atoms with van der Waals surface area (Å²) < 4.78 is 11.2. The van der Waals surface area contributed by atoms with E-state index in [4.69, 9.17) is 9.47 Å². The van der Waals surface area contributed by atoms with Gasteiger partial charge in [-0.05, 0) is 19.5 Å². The second kappa shape index (κ2) is 4.72. The molecule has 0 saturated carbocycles. The third-order valence-electron chi connectivity index (χ3n) is 2.67. The fourth-order valence-corrected chi connectivity index (χ4v) is 1.86. The number of hydrogen-bond acceptors (Lipinski definition) is 4. The predicted molar refractivity (Wildman–Crippen MR) is 61.1 cm³/mol. The minimum absolute atomic E-state index is 0.499. The number of ether oxygens (including phenoxy) is 2. The molecule has 1 unspecified atom stereocenters. The normalized spacial score (nSPS) is 15.9. The van der Waals surface area contributed by atoms with Gasteiger partial charge in [0.2, 0.25) is 0 Å². The number of aryl methyl sites for hydroxylation is 1. The molecule has 0 amide bonds. The Labute approximate surface area is 95.2 Å². The van der Waals surface area contributed by atoms with Crippen molar-refractivity contribution >= 4 is 0 Å². The number of aliphatic hydroxyl groups excluding tert-OH is 1. The van der Waals surface area contributed by atoms with Crippen molar-refractivity contribution < 1.29 is 14.6 Å². The van der Waals surface area contributed by atoms with E-state index >= 15 is 0 Å². The SMILES string of the molecule is CNCC(O)c1ccc(C)c2c1OCCO2. The molecule has 1 aromatic carbocycles. The fraction of sp³-hybridized carbons (Fsp3) is 0.500. The first-order valence-corrected chi connectivity index (χ1v) is 5.45. The van der Waals surface area contributed by atoms with E-state index in [2.05, 4.69) is 5.32 Å². The summed E-state index contributed by atoms with van der Waals surface area (Å²) in [6.07, 6.45) is -0.568. The third-order valence-corrected chi connectivity index (χ3v) is 2.67. The summed E-state index contributed by atoms with van der Waals surface area (Å²) in [5.41, 5.74) is 1.82. The van der Waals surface area contributed by atoms with Crippen LogP contribution in [0.2, 0.25) is 0 Å². The number of fused-ring (bicyclic) bond motifs is 1. The molecule has 0 aliphatic carbocycles. The monoisotopic (exact) mass is 223 g/mol. The molecule has 1 atom stereocenters. The molecule has 0 aromatic heterocycles. The molecule has 1 aromatic rings. The van der Waals surface area contributed by atoms with Crippen molar-refractivity contribution in [3.05, 3.63) is 23.3 Å². The van der Waals surface area contributed by atoms with Crippen LogP contribution in [0.1, 0.15) is 17.2 Å². The number of rotatable bonds is 3. The Kier molecular flexibility index (Phi) is 3.31. The molecule has 1 aliphatic rings. The van der Waals surface area contributed by atoms with Crippen molar-refractivity contribution in [2.75, 3.05) is 26.8 Å². The number of hydrogen-bond donors (Lipinski definition) is 2. The van der Waals surface area contributed by atoms with E-state index in [9.17, 15) is 5.11 Å². The lowest BCUT2D eigenvalue weighted by Crippen LogP contribution is -2.21. The summed E-state index contributed by atoms with van der Waals surface area (Å²) >= 11 is 0. The second-order valence-electron chi connectivity index (χ2n) is 3.90. The highest BCUT2D eigenvalue weighted by atomic mass is 16.6. The van der Waals surface area contributed by atoms with Gasteiger partial charge in [0.1, 0.15) is 13.2 Å². The largest absolute Gasteiger partial charge is 0.486 e. The van der Waals surface area contributed by atoms with Crippen LogP contribution in [0.4, 0.5) is 0 Å². The lowest BCUT2D eigenvalue weighted by Gasteiger charge is -2.24. The predicted octanol–water partition coefficient (Wildman–Crippen LogP) is 1.02. The highest BCUT2D eigenvalue weighted by molar-refractivity contribution is 5.53. The van der Waals surface area contributed by atoms with Gasteiger partial charge in [-0.3, -0.25) is 0 Å². The quantitative estimate of drug-likeness (QED) is 0.803. The first-order chi connectivity index (χ1) is 7.74. The van der Waals surface area contributed by atoms with Crippen LogP contribution < -0.4 is 14.8 Å². The number of likely N-dealkylation sites (N-methyl/N-ethyl adjacent to an activating group) is 1. The Morgan fingerprint density at radius 3 is 2.69 bits per heavy atom. The van der Waals surface area contributed by atoms with Crippen molar-refractivity contribution in [2.24, 2.45) is 0 Å². The summed E-state index contributed by atoms with van der Waals surface area (Å²) in [7, 11) is 1.81. The van der Waals surface area contributed by atoms with Crippen LogP contribution >= 0.6 is 0 Å². The minimum atomic E-state index is -0.568. The molecule has 16 heavy (non-hydrogen) atoms. The standard InChI is InChI=1S/C12H17NO3/c1-8-3-4-9(10(14)7-13-2)12-11(8)15-5-6-16-12/h3-4,10,13-14H,5-7H2,1-2H3. The molecule has 88 valence electrons. The smallest absolute Gasteiger partial charge is 0.167 e. The molecule has 0 saturated heterocycles. The van der Waals surface area contributed by atoms with Crippen LogP contribution in [-0.2, 0) is 0 Å². The Morgan fingerprint density at radius 2 is 2.00 bits per heavy atom. The van der Waals surface area contributed by atoms with Crippen molar-refractivity contribution in [1.82, 2.24) is 5.32 Å². The molecule has 1 aliphatic heterocycles. The zero-order valence-electron chi connectivity index (χ0n) is 9.62. The van der Waals surface area contributed by atoms with Crippen molar-refractivity contribution in [3.63, 3.8) is 0 Å². The molecule has 0 fully saturated rings. The Balaban J connectivity index is 2.38. The lowest BCUT2D eigenvalue weighted by atomic mass is 10.0. The summed E-state index contributed by atoms with van der Waals surface area (Å²) in [6.45, 7) is 3.58. The lowest BCUT2D eigenvalue weighted by molar-refractivity contribution is 0.145. The van der Waals surface area contributed by atoms with Gasteiger partial charge in [-0.1, -0.05) is 12.1 Å². The topological polar surface area (TPSA) is 50.7 Å². The molecule has 2 N–H and O–H groups in total. The average molecular weight is 223 g/mol. The van der Waals surface area contributed by atoms with Gasteiger partial charge in [-0.2, -0.15) is 0 Å². The molecule has 0 radical (unpaired) electrons. The van der Waals surface area contributed by atoms with E-state index in [1.807, 2.05) is 19.1 Å². The van der Waals surface area contributed by atoms with E-state index in [1.54, 1.807) is 7.05 Å². The minimum Gasteiger partial charge on any atom is -0.486 e. The van der Waals surface area contributed by atoms with Crippen LogP contribution in [0.3, 0.4) is 0 Å². The summed E-state index contributed by atoms with van der Waals surface area (Å²) in [5.74, 6) is 1.45. The molecule has 1 heterocycles. The molecule has 4 heteroatoms. The van der Waals surface area contributed by atoms with Crippen LogP contribution in [0.25, 0.3) is 0 Å². The summed E-state index contributed by atoms with van der Waals surface area (Å²) in [4.78, 5) is 0. The van der Waals surface area contributed by atoms with Crippen molar-refractivity contribution in [3.8, 4) is 11.5 Å². The number of aliphatic hydroxyl groups is 1. The maximum absolute atomic E-state index is 9.97. The van der Waals surface area contributed by atoms with E-state index < -0.39 is 6.10 Å². The maximum Gasteiger partial charge on any atom is 0.167 e.